The molecule has 0 unspecified atom stereocenters. The van der Waals surface area contributed by atoms with E-state index in [1.54, 1.807) is 19.1 Å². The zero-order valence-corrected chi connectivity index (χ0v) is 18.3. The highest BCUT2D eigenvalue weighted by molar-refractivity contribution is 6.04. The molecule has 1 saturated heterocycles. The summed E-state index contributed by atoms with van der Waals surface area (Å²) in [4.78, 5) is 37.0. The number of hydrogen-bond acceptors (Lipinski definition) is 6. The summed E-state index contributed by atoms with van der Waals surface area (Å²) in [5.74, 6) is -0.0357. The van der Waals surface area contributed by atoms with Gasteiger partial charge < -0.3 is 4.90 Å². The van der Waals surface area contributed by atoms with Gasteiger partial charge in [-0.2, -0.15) is 4.39 Å². The van der Waals surface area contributed by atoms with Crippen molar-refractivity contribution in [2.45, 2.75) is 39.2 Å². The molecule has 0 bridgehead atoms. The number of hydrogen-bond donors (Lipinski definition) is 0. The number of carbonyl (C=O) groups is 2. The summed E-state index contributed by atoms with van der Waals surface area (Å²) < 4.78 is 14.5. The van der Waals surface area contributed by atoms with Crippen molar-refractivity contribution in [2.24, 2.45) is 5.92 Å². The molecule has 6 nitrogen and oxygen atoms in total. The second-order valence-electron chi connectivity index (χ2n) is 8.91. The fraction of sp³-hybridized carbons (Fsp3) is 0.440. The summed E-state index contributed by atoms with van der Waals surface area (Å²) in [5, 5.41) is 0. The van der Waals surface area contributed by atoms with E-state index in [2.05, 4.69) is 20.9 Å². The third kappa shape index (κ3) is 4.21. The van der Waals surface area contributed by atoms with Crippen LogP contribution in [0.25, 0.3) is 6.08 Å². The Morgan fingerprint density at radius 2 is 1.97 bits per heavy atom. The van der Waals surface area contributed by atoms with Gasteiger partial charge in [0.15, 0.2) is 11.6 Å². The van der Waals surface area contributed by atoms with E-state index in [0.29, 0.717) is 37.5 Å². The number of halogens is 1. The van der Waals surface area contributed by atoms with Crippen molar-refractivity contribution in [1.82, 2.24) is 14.9 Å². The zero-order valence-electron chi connectivity index (χ0n) is 18.3. The van der Waals surface area contributed by atoms with E-state index >= 15 is 0 Å². The Morgan fingerprint density at radius 1 is 1.19 bits per heavy atom. The third-order valence-corrected chi connectivity index (χ3v) is 6.60. The minimum absolute atomic E-state index is 0.153. The van der Waals surface area contributed by atoms with Crippen molar-refractivity contribution in [1.29, 1.82) is 0 Å². The molecule has 0 radical (unpaired) electrons. The van der Waals surface area contributed by atoms with Crippen LogP contribution in [-0.2, 0) is 17.8 Å². The largest absolute Gasteiger partial charge is 0.365 e. The second-order valence-corrected chi connectivity index (χ2v) is 8.91. The minimum atomic E-state index is -0.583. The molecular weight excluding hydrogens is 407 g/mol. The molecule has 0 atom stereocenters. The van der Waals surface area contributed by atoms with Gasteiger partial charge in [0.2, 0.25) is 5.95 Å². The summed E-state index contributed by atoms with van der Waals surface area (Å²) in [6, 6.07) is 5.38. The molecule has 2 aromatic rings. The minimum Gasteiger partial charge on any atom is -0.365 e. The highest BCUT2D eigenvalue weighted by Crippen LogP contribution is 2.40. The van der Waals surface area contributed by atoms with Gasteiger partial charge in [-0.1, -0.05) is 13.0 Å². The molecular formula is C25H27FN4O2. The lowest BCUT2D eigenvalue weighted by Crippen LogP contribution is -2.46. The number of ketones is 2. The summed E-state index contributed by atoms with van der Waals surface area (Å²) >= 11 is 0. The van der Waals surface area contributed by atoms with Gasteiger partial charge in [0.25, 0.3) is 0 Å². The van der Waals surface area contributed by atoms with Crippen LogP contribution in [0.4, 0.5) is 10.1 Å². The average molecular weight is 435 g/mol. The van der Waals surface area contributed by atoms with E-state index in [0.717, 1.165) is 54.9 Å². The van der Waals surface area contributed by atoms with Crippen LogP contribution in [0.5, 0.6) is 0 Å². The van der Waals surface area contributed by atoms with E-state index in [9.17, 15) is 14.0 Å². The molecule has 3 aliphatic rings. The average Bonchev–Trinajstić information content (AvgIpc) is 3.64. The van der Waals surface area contributed by atoms with Crippen LogP contribution >= 0.6 is 0 Å². The van der Waals surface area contributed by atoms with Crippen molar-refractivity contribution in [3.8, 4) is 0 Å². The standard InChI is InChI=1S/C25H27FN4O2/c1-2-23(31)20-5-6-22(25(26)28-20)30-9-7-29(8-10-30)15-16-11-18-12-24(32)19(17-3-4-17)13-21(18)27-14-16/h5-6,11,13-14,17H,2-4,7-10,12,15H2,1H3. The fourth-order valence-corrected chi connectivity index (χ4v) is 4.58. The Hall–Kier alpha value is -2.93. The van der Waals surface area contributed by atoms with Crippen LogP contribution in [-0.4, -0.2) is 52.6 Å². The Bertz CT molecular complexity index is 1100. The van der Waals surface area contributed by atoms with Crippen LogP contribution < -0.4 is 4.90 Å². The Labute approximate surface area is 187 Å². The molecule has 2 aliphatic carbocycles. The second kappa shape index (κ2) is 8.54. The third-order valence-electron chi connectivity index (χ3n) is 6.60. The predicted molar refractivity (Wildman–Crippen MR) is 120 cm³/mol. The first-order valence-electron chi connectivity index (χ1n) is 11.4. The molecule has 166 valence electrons. The van der Waals surface area contributed by atoms with E-state index in [1.807, 2.05) is 17.2 Å². The number of carbonyl (C=O) groups excluding carboxylic acids is 2. The van der Waals surface area contributed by atoms with Gasteiger partial charge >= 0.3 is 0 Å². The number of fused-ring (bicyclic) bond motifs is 1. The molecule has 2 fully saturated rings. The maximum Gasteiger partial charge on any atom is 0.237 e. The first kappa shape index (κ1) is 20.9. The SMILES string of the molecule is CCC(=O)c1ccc(N2CCN(Cc3cnc4c(c3)CC(=O)C(C3CC3)=C4)CC2)c(F)n1. The van der Waals surface area contributed by atoms with Crippen molar-refractivity contribution in [3.05, 3.63) is 58.4 Å². The van der Waals surface area contributed by atoms with Crippen LogP contribution in [0.2, 0.25) is 0 Å². The monoisotopic (exact) mass is 434 g/mol. The smallest absolute Gasteiger partial charge is 0.237 e. The fourth-order valence-electron chi connectivity index (χ4n) is 4.58. The molecule has 2 aromatic heterocycles. The Morgan fingerprint density at radius 3 is 2.66 bits per heavy atom. The lowest BCUT2D eigenvalue weighted by Gasteiger charge is -2.36. The van der Waals surface area contributed by atoms with Gasteiger partial charge in [0.05, 0.1) is 11.4 Å². The highest BCUT2D eigenvalue weighted by atomic mass is 19.1. The molecule has 0 spiro atoms. The molecule has 5 rings (SSSR count). The molecule has 0 aromatic carbocycles. The van der Waals surface area contributed by atoms with Gasteiger partial charge in [-0.15, -0.1) is 0 Å². The van der Waals surface area contributed by atoms with E-state index in [4.69, 9.17) is 0 Å². The molecule has 3 heterocycles. The van der Waals surface area contributed by atoms with Gasteiger partial charge in [-0.25, -0.2) is 4.98 Å². The molecule has 7 heteroatoms. The van der Waals surface area contributed by atoms with E-state index in [-0.39, 0.29) is 17.3 Å². The van der Waals surface area contributed by atoms with Crippen molar-refractivity contribution in [3.63, 3.8) is 0 Å². The van der Waals surface area contributed by atoms with Crippen LogP contribution in [0.15, 0.2) is 30.0 Å². The Balaban J connectivity index is 1.21. The van der Waals surface area contributed by atoms with Crippen LogP contribution in [0, 0.1) is 11.9 Å². The normalized spacial score (nSPS) is 19.0. The number of rotatable bonds is 6. The topological polar surface area (TPSA) is 66.4 Å². The quantitative estimate of drug-likeness (QED) is 0.513. The molecule has 1 saturated carbocycles. The molecule has 32 heavy (non-hydrogen) atoms. The summed E-state index contributed by atoms with van der Waals surface area (Å²) in [7, 11) is 0. The number of aromatic nitrogens is 2. The van der Waals surface area contributed by atoms with Crippen molar-refractivity contribution in [2.75, 3.05) is 31.1 Å². The number of nitrogens with zero attached hydrogens (tertiary/aromatic N) is 4. The number of piperazine rings is 1. The number of allylic oxidation sites excluding steroid dienone is 1. The van der Waals surface area contributed by atoms with Crippen molar-refractivity contribution >= 4 is 23.3 Å². The van der Waals surface area contributed by atoms with E-state index < -0.39 is 5.95 Å². The Kier molecular flexibility index (Phi) is 5.59. The molecule has 1 aliphatic heterocycles. The lowest BCUT2D eigenvalue weighted by atomic mass is 9.91. The summed E-state index contributed by atoms with van der Waals surface area (Å²) in [5.41, 5.74) is 4.65. The van der Waals surface area contributed by atoms with Crippen molar-refractivity contribution < 1.29 is 14.0 Å². The van der Waals surface area contributed by atoms with E-state index in [1.165, 1.54) is 0 Å². The number of pyridine rings is 2. The van der Waals surface area contributed by atoms with Crippen LogP contribution in [0.1, 0.15) is 53.5 Å². The number of Topliss-reactive ketones (excluding diaryl/α,β-unsaturated/α-hetero) is 2. The maximum absolute atomic E-state index is 14.5. The molecule has 0 amide bonds. The lowest BCUT2D eigenvalue weighted by molar-refractivity contribution is -0.115. The zero-order chi connectivity index (χ0) is 22.2. The number of anilines is 1. The summed E-state index contributed by atoms with van der Waals surface area (Å²) in [6.45, 7) is 5.45. The van der Waals surface area contributed by atoms with Gasteiger partial charge in [-0.05, 0) is 48.1 Å². The van der Waals surface area contributed by atoms with Gasteiger partial charge in [0.1, 0.15) is 5.69 Å². The first-order valence-corrected chi connectivity index (χ1v) is 11.4. The first-order chi connectivity index (χ1) is 15.5. The van der Waals surface area contributed by atoms with Gasteiger partial charge in [0, 0.05) is 57.3 Å². The van der Waals surface area contributed by atoms with Gasteiger partial charge in [-0.3, -0.25) is 19.5 Å². The summed E-state index contributed by atoms with van der Waals surface area (Å²) in [6.07, 6.45) is 6.91. The maximum atomic E-state index is 14.5. The van der Waals surface area contributed by atoms with Crippen LogP contribution in [0.3, 0.4) is 0 Å². The predicted octanol–water partition coefficient (Wildman–Crippen LogP) is 3.45. The highest BCUT2D eigenvalue weighted by Gasteiger charge is 2.33. The molecule has 0 N–H and O–H groups in total.